The van der Waals surface area contributed by atoms with Crippen LogP contribution < -0.4 is 15.6 Å². The molecule has 0 saturated heterocycles. The molecule has 2 N–H and O–H groups in total. The van der Waals surface area contributed by atoms with Crippen molar-refractivity contribution >= 4 is 11.8 Å². The Morgan fingerprint density at radius 3 is 2.68 bits per heavy atom. The molecule has 0 aliphatic carbocycles. The largest absolute Gasteiger partial charge is 0.449 e. The molecular formula is C12H14F2N2O3. The molecule has 1 rings (SSSR count). The average Bonchev–Trinajstić information content (AvgIpc) is 2.36. The van der Waals surface area contributed by atoms with Gasteiger partial charge in [-0.05, 0) is 19.1 Å². The second-order valence-electron chi connectivity index (χ2n) is 3.32. The lowest BCUT2D eigenvalue weighted by atomic mass is 10.1. The lowest BCUT2D eigenvalue weighted by molar-refractivity contribution is -0.0500. The van der Waals surface area contributed by atoms with E-state index in [2.05, 4.69) is 26.9 Å². The fourth-order valence-electron chi connectivity index (χ4n) is 1.28. The van der Waals surface area contributed by atoms with Crippen molar-refractivity contribution in [1.82, 2.24) is 10.9 Å². The summed E-state index contributed by atoms with van der Waals surface area (Å²) < 4.78 is 33.4. The summed E-state index contributed by atoms with van der Waals surface area (Å²) in [5, 5.41) is 0. The van der Waals surface area contributed by atoms with Gasteiger partial charge in [0.2, 0.25) is 0 Å². The van der Waals surface area contributed by atoms with Gasteiger partial charge in [0.05, 0.1) is 12.3 Å². The Bertz CT molecular complexity index is 452. The van der Waals surface area contributed by atoms with E-state index >= 15 is 0 Å². The minimum absolute atomic E-state index is 0.0411. The molecule has 7 heteroatoms. The summed E-state index contributed by atoms with van der Waals surface area (Å²) in [6.07, 6.45) is -0.698. The van der Waals surface area contributed by atoms with Gasteiger partial charge in [0.25, 0.3) is 0 Å². The van der Waals surface area contributed by atoms with Crippen molar-refractivity contribution in [2.45, 2.75) is 13.5 Å². The van der Waals surface area contributed by atoms with Gasteiger partial charge in [0, 0.05) is 5.56 Å². The van der Waals surface area contributed by atoms with Gasteiger partial charge in [-0.15, -0.1) is 0 Å². The van der Waals surface area contributed by atoms with Crippen molar-refractivity contribution < 1.29 is 23.0 Å². The molecule has 1 aromatic rings. The molecule has 0 heterocycles. The standard InChI is InChI=1S/C12H14F2N2O3/c1-3-18-12(17)16-15-8(2)9-6-4-5-7-10(9)19-11(13)14/h4-7,11,15H,2-3H2,1H3,(H,16,17). The van der Waals surface area contributed by atoms with Crippen molar-refractivity contribution in [3.8, 4) is 5.75 Å². The lowest BCUT2D eigenvalue weighted by Crippen LogP contribution is -2.36. The fourth-order valence-corrected chi connectivity index (χ4v) is 1.28. The number of hydrogen-bond acceptors (Lipinski definition) is 4. The third kappa shape index (κ3) is 4.82. The van der Waals surface area contributed by atoms with Crippen molar-refractivity contribution in [2.24, 2.45) is 0 Å². The quantitative estimate of drug-likeness (QED) is 0.781. The molecule has 0 atom stereocenters. The fraction of sp³-hybridized carbons (Fsp3) is 0.250. The third-order valence-corrected chi connectivity index (χ3v) is 2.02. The maximum absolute atomic E-state index is 12.2. The van der Waals surface area contributed by atoms with E-state index < -0.39 is 12.7 Å². The van der Waals surface area contributed by atoms with E-state index in [4.69, 9.17) is 0 Å². The van der Waals surface area contributed by atoms with E-state index in [1.54, 1.807) is 19.1 Å². The summed E-state index contributed by atoms with van der Waals surface area (Å²) in [5.41, 5.74) is 5.17. The molecule has 0 spiro atoms. The summed E-state index contributed by atoms with van der Waals surface area (Å²) in [5.74, 6) is -0.0411. The van der Waals surface area contributed by atoms with E-state index in [1.165, 1.54) is 12.1 Å². The monoisotopic (exact) mass is 272 g/mol. The number of carbonyl (C=O) groups is 1. The normalized spacial score (nSPS) is 9.89. The van der Waals surface area contributed by atoms with Crippen LogP contribution in [0.2, 0.25) is 0 Å². The van der Waals surface area contributed by atoms with Crippen LogP contribution in [-0.4, -0.2) is 19.3 Å². The Balaban J connectivity index is 2.68. The Morgan fingerprint density at radius 2 is 2.05 bits per heavy atom. The summed E-state index contributed by atoms with van der Waals surface area (Å²) in [6.45, 7) is 2.55. The number of benzene rings is 1. The van der Waals surface area contributed by atoms with Crippen LogP contribution in [0.15, 0.2) is 30.8 Å². The van der Waals surface area contributed by atoms with Crippen LogP contribution in [0.5, 0.6) is 5.75 Å². The number of amides is 1. The zero-order valence-electron chi connectivity index (χ0n) is 10.3. The van der Waals surface area contributed by atoms with Crippen LogP contribution in [0.3, 0.4) is 0 Å². The molecule has 0 unspecified atom stereocenters. The molecule has 0 aliphatic rings. The molecule has 0 bridgehead atoms. The smallest absolute Gasteiger partial charge is 0.425 e. The van der Waals surface area contributed by atoms with Gasteiger partial charge in [0.15, 0.2) is 0 Å². The van der Waals surface area contributed by atoms with Gasteiger partial charge in [0.1, 0.15) is 5.75 Å². The molecule has 0 aromatic heterocycles. The third-order valence-electron chi connectivity index (χ3n) is 2.02. The summed E-state index contributed by atoms with van der Waals surface area (Å²) in [7, 11) is 0. The van der Waals surface area contributed by atoms with Gasteiger partial charge in [-0.25, -0.2) is 10.2 Å². The summed E-state index contributed by atoms with van der Waals surface area (Å²) in [4.78, 5) is 11.1. The molecular weight excluding hydrogens is 258 g/mol. The number of hydrazine groups is 1. The van der Waals surface area contributed by atoms with Crippen LogP contribution in [0.1, 0.15) is 12.5 Å². The number of nitrogens with one attached hydrogen (secondary N) is 2. The number of para-hydroxylation sites is 1. The number of carbonyl (C=O) groups excluding carboxylic acids is 1. The molecule has 0 aliphatic heterocycles. The van der Waals surface area contributed by atoms with Gasteiger partial charge in [-0.1, -0.05) is 18.7 Å². The summed E-state index contributed by atoms with van der Waals surface area (Å²) >= 11 is 0. The molecule has 104 valence electrons. The number of rotatable bonds is 6. The maximum atomic E-state index is 12.2. The predicted octanol–water partition coefficient (Wildman–Crippen LogP) is 2.51. The minimum atomic E-state index is -2.94. The van der Waals surface area contributed by atoms with Gasteiger partial charge < -0.3 is 9.47 Å². The van der Waals surface area contributed by atoms with Crippen LogP contribution in [0, 0.1) is 0 Å². The number of ether oxygens (including phenoxy) is 2. The Kier molecular flexibility index (Phi) is 5.59. The van der Waals surface area contributed by atoms with Gasteiger partial charge >= 0.3 is 12.7 Å². The molecule has 1 amide bonds. The van der Waals surface area contributed by atoms with Crippen LogP contribution in [0.4, 0.5) is 13.6 Å². The van der Waals surface area contributed by atoms with E-state index in [0.717, 1.165) is 0 Å². The predicted molar refractivity (Wildman–Crippen MR) is 65.4 cm³/mol. The Hall–Kier alpha value is -2.31. The zero-order chi connectivity index (χ0) is 14.3. The number of halogens is 2. The van der Waals surface area contributed by atoms with Crippen molar-refractivity contribution in [3.63, 3.8) is 0 Å². The second-order valence-corrected chi connectivity index (χ2v) is 3.32. The molecule has 19 heavy (non-hydrogen) atoms. The van der Waals surface area contributed by atoms with Crippen molar-refractivity contribution in [2.75, 3.05) is 6.61 Å². The highest BCUT2D eigenvalue weighted by molar-refractivity contribution is 5.72. The second kappa shape index (κ2) is 7.20. The molecule has 1 aromatic carbocycles. The highest BCUT2D eigenvalue weighted by Crippen LogP contribution is 2.24. The van der Waals surface area contributed by atoms with E-state index in [-0.39, 0.29) is 18.1 Å². The van der Waals surface area contributed by atoms with E-state index in [1.807, 2.05) is 0 Å². The van der Waals surface area contributed by atoms with E-state index in [9.17, 15) is 13.6 Å². The first kappa shape index (κ1) is 14.7. The van der Waals surface area contributed by atoms with Crippen LogP contribution in [-0.2, 0) is 4.74 Å². The van der Waals surface area contributed by atoms with Gasteiger partial charge in [-0.3, -0.25) is 5.43 Å². The molecule has 0 fully saturated rings. The maximum Gasteiger partial charge on any atom is 0.425 e. The Labute approximate surface area is 109 Å². The highest BCUT2D eigenvalue weighted by atomic mass is 19.3. The SMILES string of the molecule is C=C(NNC(=O)OCC)c1ccccc1OC(F)F. The lowest BCUT2D eigenvalue weighted by Gasteiger charge is -2.14. The first-order valence-corrected chi connectivity index (χ1v) is 5.46. The molecule has 0 saturated carbocycles. The van der Waals surface area contributed by atoms with E-state index in [0.29, 0.717) is 5.56 Å². The summed E-state index contributed by atoms with van der Waals surface area (Å²) in [6, 6.07) is 6.08. The van der Waals surface area contributed by atoms with Gasteiger partial charge in [-0.2, -0.15) is 8.78 Å². The highest BCUT2D eigenvalue weighted by Gasteiger charge is 2.11. The molecule has 0 radical (unpaired) electrons. The van der Waals surface area contributed by atoms with Crippen LogP contribution >= 0.6 is 0 Å². The first-order chi connectivity index (χ1) is 9.04. The zero-order valence-corrected chi connectivity index (χ0v) is 10.3. The molecule has 5 nitrogen and oxygen atoms in total. The topological polar surface area (TPSA) is 59.6 Å². The van der Waals surface area contributed by atoms with Crippen molar-refractivity contribution in [3.05, 3.63) is 36.4 Å². The van der Waals surface area contributed by atoms with Crippen molar-refractivity contribution in [1.29, 1.82) is 0 Å². The minimum Gasteiger partial charge on any atom is -0.449 e. The van der Waals surface area contributed by atoms with Crippen LogP contribution in [0.25, 0.3) is 5.70 Å². The average molecular weight is 272 g/mol. The number of alkyl halides is 2. The number of hydrogen-bond donors (Lipinski definition) is 2. The Morgan fingerprint density at radius 1 is 1.37 bits per heavy atom. The first-order valence-electron chi connectivity index (χ1n) is 5.46.